The van der Waals surface area contributed by atoms with E-state index in [1.54, 1.807) is 18.5 Å². The van der Waals surface area contributed by atoms with Crippen molar-refractivity contribution in [3.8, 4) is 6.01 Å². The van der Waals surface area contributed by atoms with E-state index in [1.807, 2.05) is 0 Å². The summed E-state index contributed by atoms with van der Waals surface area (Å²) >= 11 is 0. The molecule has 0 saturated carbocycles. The van der Waals surface area contributed by atoms with Gasteiger partial charge in [0.2, 0.25) is 0 Å². The molecule has 1 amide bonds. The molecule has 1 aromatic heterocycles. The number of nitrogens with zero attached hydrogens (tertiary/aromatic N) is 2. The molecule has 1 atom stereocenters. The molecule has 1 saturated heterocycles. The van der Waals surface area contributed by atoms with Crippen LogP contribution in [0, 0.1) is 0 Å². The normalized spacial score (nSPS) is 21.2. The summed E-state index contributed by atoms with van der Waals surface area (Å²) in [7, 11) is 0. The molecule has 1 aliphatic rings. The van der Waals surface area contributed by atoms with Crippen molar-refractivity contribution in [1.82, 2.24) is 15.3 Å². The monoisotopic (exact) mass is 179 g/mol. The summed E-state index contributed by atoms with van der Waals surface area (Å²) in [6.07, 6.45) is 3.41. The number of nitrogens with one attached hydrogen (secondary N) is 1. The number of hydrogen-bond acceptors (Lipinski definition) is 4. The van der Waals surface area contributed by atoms with Crippen LogP contribution in [0.1, 0.15) is 6.42 Å². The van der Waals surface area contributed by atoms with Gasteiger partial charge in [-0.2, -0.15) is 0 Å². The Balaban J connectivity index is 2.02. The number of aromatic nitrogens is 2. The number of rotatable bonds is 2. The molecule has 1 unspecified atom stereocenters. The van der Waals surface area contributed by atoms with Crippen LogP contribution in [0.5, 0.6) is 6.01 Å². The Morgan fingerprint density at radius 1 is 1.46 bits per heavy atom. The molecule has 1 fully saturated rings. The molecule has 0 bridgehead atoms. The molecule has 68 valence electrons. The summed E-state index contributed by atoms with van der Waals surface area (Å²) in [5.41, 5.74) is 0. The van der Waals surface area contributed by atoms with Crippen molar-refractivity contribution in [1.29, 1.82) is 0 Å². The second-order valence-corrected chi connectivity index (χ2v) is 2.72. The molecule has 1 aromatic rings. The third-order valence-electron chi connectivity index (χ3n) is 1.79. The molecular formula is C8H9N3O2. The Labute approximate surface area is 75.1 Å². The lowest BCUT2D eigenvalue weighted by molar-refractivity contribution is -0.125. The number of amides is 1. The van der Waals surface area contributed by atoms with Gasteiger partial charge < -0.3 is 10.1 Å². The van der Waals surface area contributed by atoms with Crippen molar-refractivity contribution in [2.45, 2.75) is 12.5 Å². The maximum absolute atomic E-state index is 11.1. The molecule has 1 N–H and O–H groups in total. The summed E-state index contributed by atoms with van der Waals surface area (Å²) < 4.78 is 5.25. The fraction of sp³-hybridized carbons (Fsp3) is 0.375. The molecule has 0 spiro atoms. The van der Waals surface area contributed by atoms with Gasteiger partial charge in [0.15, 0.2) is 6.10 Å². The van der Waals surface area contributed by atoms with Gasteiger partial charge in [-0.15, -0.1) is 0 Å². The molecule has 0 aliphatic carbocycles. The number of carbonyl (C=O) groups is 1. The summed E-state index contributed by atoms with van der Waals surface area (Å²) in [5.74, 6) is -0.0903. The predicted octanol–water partition coefficient (Wildman–Crippen LogP) is -0.256. The van der Waals surface area contributed by atoms with Crippen molar-refractivity contribution >= 4 is 5.91 Å². The highest BCUT2D eigenvalue weighted by atomic mass is 16.5. The minimum Gasteiger partial charge on any atom is -0.450 e. The van der Waals surface area contributed by atoms with E-state index in [2.05, 4.69) is 15.3 Å². The summed E-state index contributed by atoms with van der Waals surface area (Å²) in [6.45, 7) is 0.663. The molecule has 2 heterocycles. The van der Waals surface area contributed by atoms with Crippen LogP contribution in [0.25, 0.3) is 0 Å². The van der Waals surface area contributed by atoms with E-state index < -0.39 is 6.10 Å². The van der Waals surface area contributed by atoms with Gasteiger partial charge in [0.25, 0.3) is 5.91 Å². The molecule has 1 aliphatic heterocycles. The predicted molar refractivity (Wildman–Crippen MR) is 44.1 cm³/mol. The Morgan fingerprint density at radius 3 is 2.85 bits per heavy atom. The van der Waals surface area contributed by atoms with Crippen molar-refractivity contribution in [3.05, 3.63) is 18.5 Å². The van der Waals surface area contributed by atoms with Gasteiger partial charge in [-0.05, 0) is 6.07 Å². The minimum atomic E-state index is -0.428. The standard InChI is InChI=1S/C8H9N3O2/c12-7-6(2-5-9-7)13-8-10-3-1-4-11-8/h1,3-4,6H,2,5H2,(H,9,12). The smallest absolute Gasteiger partial charge is 0.317 e. The molecule has 5 heteroatoms. The van der Waals surface area contributed by atoms with E-state index in [0.717, 1.165) is 0 Å². The molecular weight excluding hydrogens is 170 g/mol. The topological polar surface area (TPSA) is 64.1 Å². The van der Waals surface area contributed by atoms with Gasteiger partial charge in [0.05, 0.1) is 0 Å². The average Bonchev–Trinajstić information content (AvgIpc) is 2.54. The van der Waals surface area contributed by atoms with Crippen LogP contribution in [-0.2, 0) is 4.79 Å². The van der Waals surface area contributed by atoms with E-state index in [0.29, 0.717) is 13.0 Å². The first-order chi connectivity index (χ1) is 6.36. The minimum absolute atomic E-state index is 0.0903. The Hall–Kier alpha value is -1.65. The highest BCUT2D eigenvalue weighted by molar-refractivity contribution is 5.82. The largest absolute Gasteiger partial charge is 0.450 e. The first kappa shape index (κ1) is 7.97. The Morgan fingerprint density at radius 2 is 2.23 bits per heavy atom. The van der Waals surface area contributed by atoms with Gasteiger partial charge in [-0.1, -0.05) is 0 Å². The van der Waals surface area contributed by atoms with Gasteiger partial charge in [-0.3, -0.25) is 4.79 Å². The lowest BCUT2D eigenvalue weighted by Gasteiger charge is -2.07. The molecule has 0 aromatic carbocycles. The van der Waals surface area contributed by atoms with Crippen LogP contribution >= 0.6 is 0 Å². The maximum atomic E-state index is 11.1. The van der Waals surface area contributed by atoms with E-state index in [-0.39, 0.29) is 11.9 Å². The van der Waals surface area contributed by atoms with Crippen LogP contribution in [0.15, 0.2) is 18.5 Å². The lowest BCUT2D eigenvalue weighted by Crippen LogP contribution is -2.28. The van der Waals surface area contributed by atoms with Gasteiger partial charge >= 0.3 is 6.01 Å². The van der Waals surface area contributed by atoms with Crippen molar-refractivity contribution in [3.63, 3.8) is 0 Å². The fourth-order valence-electron chi connectivity index (χ4n) is 1.16. The average molecular weight is 179 g/mol. The second-order valence-electron chi connectivity index (χ2n) is 2.72. The zero-order valence-electron chi connectivity index (χ0n) is 6.93. The third-order valence-corrected chi connectivity index (χ3v) is 1.79. The van der Waals surface area contributed by atoms with E-state index >= 15 is 0 Å². The zero-order chi connectivity index (χ0) is 9.10. The highest BCUT2D eigenvalue weighted by Gasteiger charge is 2.26. The van der Waals surface area contributed by atoms with Crippen LogP contribution in [0.2, 0.25) is 0 Å². The van der Waals surface area contributed by atoms with Crippen molar-refractivity contribution in [2.24, 2.45) is 0 Å². The van der Waals surface area contributed by atoms with E-state index in [9.17, 15) is 4.79 Å². The lowest BCUT2D eigenvalue weighted by atomic mass is 10.3. The highest BCUT2D eigenvalue weighted by Crippen LogP contribution is 2.08. The van der Waals surface area contributed by atoms with Crippen LogP contribution < -0.4 is 10.1 Å². The molecule has 2 rings (SSSR count). The van der Waals surface area contributed by atoms with Gasteiger partial charge in [-0.25, -0.2) is 9.97 Å². The zero-order valence-corrected chi connectivity index (χ0v) is 6.93. The molecule has 5 nitrogen and oxygen atoms in total. The van der Waals surface area contributed by atoms with Crippen LogP contribution in [0.4, 0.5) is 0 Å². The summed E-state index contributed by atoms with van der Waals surface area (Å²) in [5, 5.41) is 2.67. The number of ether oxygens (including phenoxy) is 1. The summed E-state index contributed by atoms with van der Waals surface area (Å²) in [6, 6.07) is 1.95. The SMILES string of the molecule is O=C1NCCC1Oc1ncccn1. The van der Waals surface area contributed by atoms with Crippen molar-refractivity contribution in [2.75, 3.05) is 6.54 Å². The maximum Gasteiger partial charge on any atom is 0.317 e. The Bertz CT molecular complexity index is 302. The second kappa shape index (κ2) is 3.38. The first-order valence-electron chi connectivity index (χ1n) is 4.07. The quantitative estimate of drug-likeness (QED) is 0.679. The van der Waals surface area contributed by atoms with Crippen molar-refractivity contribution < 1.29 is 9.53 Å². The summed E-state index contributed by atoms with van der Waals surface area (Å²) in [4.78, 5) is 18.8. The number of hydrogen-bond donors (Lipinski definition) is 1. The molecule has 13 heavy (non-hydrogen) atoms. The van der Waals surface area contributed by atoms with E-state index in [4.69, 9.17) is 4.74 Å². The van der Waals surface area contributed by atoms with Crippen LogP contribution in [-0.4, -0.2) is 28.5 Å². The Kier molecular flexibility index (Phi) is 2.08. The first-order valence-corrected chi connectivity index (χ1v) is 4.07. The van der Waals surface area contributed by atoms with E-state index in [1.165, 1.54) is 0 Å². The molecule has 0 radical (unpaired) electrons. The van der Waals surface area contributed by atoms with Crippen LogP contribution in [0.3, 0.4) is 0 Å². The fourth-order valence-corrected chi connectivity index (χ4v) is 1.16. The number of carbonyl (C=O) groups excluding carboxylic acids is 1. The van der Waals surface area contributed by atoms with Gasteiger partial charge in [0, 0.05) is 25.4 Å². The third kappa shape index (κ3) is 1.74. The van der Waals surface area contributed by atoms with Gasteiger partial charge in [0.1, 0.15) is 0 Å².